The molecule has 0 saturated carbocycles. The summed E-state index contributed by atoms with van der Waals surface area (Å²) in [6.45, 7) is 1.46. The first-order valence-electron chi connectivity index (χ1n) is 5.50. The fourth-order valence-corrected chi connectivity index (χ4v) is 2.13. The fourth-order valence-electron chi connectivity index (χ4n) is 1.95. The van der Waals surface area contributed by atoms with Crippen LogP contribution >= 0.6 is 11.6 Å². The molecule has 0 radical (unpaired) electrons. The van der Waals surface area contributed by atoms with Gasteiger partial charge in [0.05, 0.1) is 11.6 Å². The number of nitrogens with zero attached hydrogens (tertiary/aromatic N) is 1. The number of carbonyl (C=O) groups is 1. The van der Waals surface area contributed by atoms with Crippen molar-refractivity contribution in [1.29, 1.82) is 0 Å². The maximum absolute atomic E-state index is 10.6. The van der Waals surface area contributed by atoms with Crippen molar-refractivity contribution in [3.63, 3.8) is 0 Å². The molecule has 5 heteroatoms. The van der Waals surface area contributed by atoms with Crippen molar-refractivity contribution in [1.82, 2.24) is 4.90 Å². The van der Waals surface area contributed by atoms with Crippen LogP contribution in [0.2, 0.25) is 5.02 Å². The van der Waals surface area contributed by atoms with E-state index >= 15 is 0 Å². The van der Waals surface area contributed by atoms with Gasteiger partial charge < -0.3 is 9.84 Å². The van der Waals surface area contributed by atoms with E-state index in [9.17, 15) is 4.79 Å². The molecule has 4 nitrogen and oxygen atoms in total. The minimum Gasteiger partial charge on any atom is -0.487 e. The van der Waals surface area contributed by atoms with E-state index in [1.807, 2.05) is 23.1 Å². The molecule has 92 valence electrons. The number of benzene rings is 1. The van der Waals surface area contributed by atoms with E-state index in [0.29, 0.717) is 17.3 Å². The zero-order chi connectivity index (χ0) is 12.3. The second kappa shape index (κ2) is 5.38. The van der Waals surface area contributed by atoms with Crippen LogP contribution in [0.25, 0.3) is 0 Å². The van der Waals surface area contributed by atoms with Crippen molar-refractivity contribution >= 4 is 17.6 Å². The van der Waals surface area contributed by atoms with Crippen molar-refractivity contribution in [3.05, 3.63) is 29.3 Å². The van der Waals surface area contributed by atoms with Crippen molar-refractivity contribution < 1.29 is 14.6 Å². The Morgan fingerprint density at radius 3 is 3.00 bits per heavy atom. The monoisotopic (exact) mass is 255 g/mol. The van der Waals surface area contributed by atoms with E-state index < -0.39 is 5.97 Å². The molecule has 1 aliphatic rings. The standard InChI is InChI=1S/C12H14ClNO3/c13-10-3-1-2-4-11(10)17-9-5-6-14(7-9)8-12(15)16/h1-4,9H,5-8H2,(H,15,16). The number of likely N-dealkylation sites (tertiary alicyclic amines) is 1. The van der Waals surface area contributed by atoms with Crippen LogP contribution in [0.3, 0.4) is 0 Å². The Kier molecular flexibility index (Phi) is 3.86. The summed E-state index contributed by atoms with van der Waals surface area (Å²) in [6.07, 6.45) is 0.854. The molecule has 2 rings (SSSR count). The number of hydrogen-bond donors (Lipinski definition) is 1. The predicted molar refractivity (Wildman–Crippen MR) is 64.6 cm³/mol. The zero-order valence-electron chi connectivity index (χ0n) is 9.30. The molecule has 0 aliphatic carbocycles. The van der Waals surface area contributed by atoms with E-state index in [4.69, 9.17) is 21.4 Å². The first kappa shape index (κ1) is 12.2. The molecule has 1 heterocycles. The minimum atomic E-state index is -0.802. The molecule has 0 amide bonds. The Hall–Kier alpha value is -1.26. The maximum atomic E-state index is 10.6. The molecule has 0 bridgehead atoms. The maximum Gasteiger partial charge on any atom is 0.317 e. The Balaban J connectivity index is 1.90. The highest BCUT2D eigenvalue weighted by Crippen LogP contribution is 2.26. The van der Waals surface area contributed by atoms with Gasteiger partial charge in [0.2, 0.25) is 0 Å². The highest BCUT2D eigenvalue weighted by atomic mass is 35.5. The van der Waals surface area contributed by atoms with Crippen molar-refractivity contribution in [3.8, 4) is 5.75 Å². The zero-order valence-corrected chi connectivity index (χ0v) is 10.1. The van der Waals surface area contributed by atoms with Crippen LogP contribution in [-0.4, -0.2) is 41.7 Å². The summed E-state index contributed by atoms with van der Waals surface area (Å²) in [7, 11) is 0. The fraction of sp³-hybridized carbons (Fsp3) is 0.417. The van der Waals surface area contributed by atoms with Gasteiger partial charge in [0.25, 0.3) is 0 Å². The number of carboxylic acids is 1. The molecule has 1 aromatic carbocycles. The van der Waals surface area contributed by atoms with Gasteiger partial charge in [-0.3, -0.25) is 9.69 Å². The second-order valence-corrected chi connectivity index (χ2v) is 4.50. The minimum absolute atomic E-state index is 0.0225. The lowest BCUT2D eigenvalue weighted by Gasteiger charge is -2.15. The molecule has 1 unspecified atom stereocenters. The van der Waals surface area contributed by atoms with Crippen molar-refractivity contribution in [2.24, 2.45) is 0 Å². The Labute approximate surface area is 105 Å². The topological polar surface area (TPSA) is 49.8 Å². The smallest absolute Gasteiger partial charge is 0.317 e. The molecule has 17 heavy (non-hydrogen) atoms. The van der Waals surface area contributed by atoms with Crippen LogP contribution < -0.4 is 4.74 Å². The Morgan fingerprint density at radius 1 is 1.53 bits per heavy atom. The van der Waals surface area contributed by atoms with Crippen molar-refractivity contribution in [2.75, 3.05) is 19.6 Å². The van der Waals surface area contributed by atoms with Crippen LogP contribution in [0.15, 0.2) is 24.3 Å². The average Bonchev–Trinajstić information content (AvgIpc) is 2.68. The third-order valence-corrected chi connectivity index (χ3v) is 3.03. The third-order valence-electron chi connectivity index (χ3n) is 2.72. The third kappa shape index (κ3) is 3.35. The number of ether oxygens (including phenoxy) is 1. The number of para-hydroxylation sites is 1. The highest BCUT2D eigenvalue weighted by Gasteiger charge is 2.25. The number of carboxylic acid groups (broad SMARTS) is 1. The van der Waals surface area contributed by atoms with E-state index in [-0.39, 0.29) is 12.6 Å². The van der Waals surface area contributed by atoms with Gasteiger partial charge in [-0.1, -0.05) is 23.7 Å². The van der Waals surface area contributed by atoms with Gasteiger partial charge in [-0.25, -0.2) is 0 Å². The van der Waals surface area contributed by atoms with E-state index in [1.165, 1.54) is 0 Å². The summed E-state index contributed by atoms with van der Waals surface area (Å²) in [5.74, 6) is -0.139. The lowest BCUT2D eigenvalue weighted by molar-refractivity contribution is -0.138. The number of aliphatic carboxylic acids is 1. The molecule has 1 N–H and O–H groups in total. The van der Waals surface area contributed by atoms with Gasteiger partial charge >= 0.3 is 5.97 Å². The van der Waals surface area contributed by atoms with Crippen molar-refractivity contribution in [2.45, 2.75) is 12.5 Å². The van der Waals surface area contributed by atoms with E-state index in [2.05, 4.69) is 0 Å². The predicted octanol–water partition coefficient (Wildman–Crippen LogP) is 1.88. The van der Waals surface area contributed by atoms with Gasteiger partial charge in [-0.05, 0) is 18.6 Å². The van der Waals surface area contributed by atoms with Crippen LogP contribution in [0.1, 0.15) is 6.42 Å². The highest BCUT2D eigenvalue weighted by molar-refractivity contribution is 6.32. The summed E-state index contributed by atoms with van der Waals surface area (Å²) >= 11 is 5.99. The lowest BCUT2D eigenvalue weighted by Crippen LogP contribution is -2.29. The second-order valence-electron chi connectivity index (χ2n) is 4.09. The van der Waals surface area contributed by atoms with Gasteiger partial charge in [0, 0.05) is 13.1 Å². The Morgan fingerprint density at radius 2 is 2.29 bits per heavy atom. The average molecular weight is 256 g/mol. The van der Waals surface area contributed by atoms with Gasteiger partial charge in [-0.2, -0.15) is 0 Å². The van der Waals surface area contributed by atoms with Crippen LogP contribution in [0.4, 0.5) is 0 Å². The van der Waals surface area contributed by atoms with Crippen LogP contribution in [0, 0.1) is 0 Å². The molecule has 1 aromatic rings. The van der Waals surface area contributed by atoms with E-state index in [1.54, 1.807) is 6.07 Å². The first-order valence-corrected chi connectivity index (χ1v) is 5.88. The van der Waals surface area contributed by atoms with E-state index in [0.717, 1.165) is 13.0 Å². The lowest BCUT2D eigenvalue weighted by atomic mass is 10.3. The van der Waals surface area contributed by atoms with Crippen LogP contribution in [0.5, 0.6) is 5.75 Å². The molecular formula is C12H14ClNO3. The number of halogens is 1. The number of rotatable bonds is 4. The molecule has 1 aliphatic heterocycles. The number of hydrogen-bond acceptors (Lipinski definition) is 3. The molecule has 1 saturated heterocycles. The normalized spacial score (nSPS) is 20.4. The summed E-state index contributed by atoms with van der Waals surface area (Å²) in [6, 6.07) is 7.31. The summed E-state index contributed by atoms with van der Waals surface area (Å²) in [4.78, 5) is 12.4. The SMILES string of the molecule is O=C(O)CN1CCC(Oc2ccccc2Cl)C1. The van der Waals surface area contributed by atoms with Gasteiger partial charge in [0.15, 0.2) is 0 Å². The van der Waals surface area contributed by atoms with Crippen LogP contribution in [-0.2, 0) is 4.79 Å². The summed E-state index contributed by atoms with van der Waals surface area (Å²) in [5, 5.41) is 9.28. The molecule has 0 aromatic heterocycles. The summed E-state index contributed by atoms with van der Waals surface area (Å²) in [5.41, 5.74) is 0. The molecule has 1 atom stereocenters. The van der Waals surface area contributed by atoms with Gasteiger partial charge in [0.1, 0.15) is 11.9 Å². The molecule has 1 fully saturated rings. The first-order chi connectivity index (χ1) is 8.15. The summed E-state index contributed by atoms with van der Waals surface area (Å²) < 4.78 is 5.75. The van der Waals surface area contributed by atoms with Gasteiger partial charge in [-0.15, -0.1) is 0 Å². The quantitative estimate of drug-likeness (QED) is 0.893. The molecular weight excluding hydrogens is 242 g/mol. The largest absolute Gasteiger partial charge is 0.487 e. The Bertz CT molecular complexity index is 410. The molecule has 0 spiro atoms.